The highest BCUT2D eigenvalue weighted by molar-refractivity contribution is 5.81. The first-order valence-corrected chi connectivity index (χ1v) is 7.10. The third-order valence-electron chi connectivity index (χ3n) is 3.31. The van der Waals surface area contributed by atoms with E-state index in [1.54, 1.807) is 23.1 Å². The summed E-state index contributed by atoms with van der Waals surface area (Å²) in [5.74, 6) is 0.555. The van der Waals surface area contributed by atoms with Gasteiger partial charge in [0.2, 0.25) is 5.91 Å². The van der Waals surface area contributed by atoms with E-state index in [-0.39, 0.29) is 11.5 Å². The molecule has 0 spiro atoms. The van der Waals surface area contributed by atoms with Crippen molar-refractivity contribution >= 4 is 16.8 Å². The number of benzene rings is 1. The van der Waals surface area contributed by atoms with E-state index in [1.165, 1.54) is 0 Å². The Bertz CT molecular complexity index is 713. The molecule has 0 bridgehead atoms. The molecule has 0 saturated carbocycles. The highest BCUT2D eigenvalue weighted by Crippen LogP contribution is 2.18. The standard InChI is InChI=1S/C16H21N3O2/c1-5-19(15(21)16(2,3)4)10-13-17-12-9-7-6-8-11(12)14(20)18-13/h6-9H,5,10H2,1-4H3,(H,17,18,20). The van der Waals surface area contributed by atoms with Crippen molar-refractivity contribution in [2.24, 2.45) is 5.41 Å². The Morgan fingerprint density at radius 1 is 1.29 bits per heavy atom. The third kappa shape index (κ3) is 3.29. The van der Waals surface area contributed by atoms with Gasteiger partial charge in [0.1, 0.15) is 5.82 Å². The molecule has 1 aromatic carbocycles. The SMILES string of the molecule is CCN(Cc1nc2ccccc2c(=O)[nH]1)C(=O)C(C)(C)C. The summed E-state index contributed by atoms with van der Waals surface area (Å²) in [6, 6.07) is 7.19. The maximum atomic E-state index is 12.4. The summed E-state index contributed by atoms with van der Waals surface area (Å²) >= 11 is 0. The van der Waals surface area contributed by atoms with E-state index in [4.69, 9.17) is 0 Å². The fourth-order valence-electron chi connectivity index (χ4n) is 2.19. The van der Waals surface area contributed by atoms with Gasteiger partial charge in [-0.1, -0.05) is 32.9 Å². The number of carbonyl (C=O) groups is 1. The van der Waals surface area contributed by atoms with Crippen LogP contribution in [0.2, 0.25) is 0 Å². The normalized spacial score (nSPS) is 11.6. The number of rotatable bonds is 3. The first-order chi connectivity index (χ1) is 9.82. The molecule has 5 heteroatoms. The van der Waals surface area contributed by atoms with Crippen LogP contribution in [0.4, 0.5) is 0 Å². The predicted molar refractivity (Wildman–Crippen MR) is 82.9 cm³/mol. The molecule has 1 heterocycles. The van der Waals surface area contributed by atoms with Gasteiger partial charge in [0, 0.05) is 12.0 Å². The van der Waals surface area contributed by atoms with Crippen molar-refractivity contribution in [2.45, 2.75) is 34.2 Å². The van der Waals surface area contributed by atoms with Crippen LogP contribution in [0.15, 0.2) is 29.1 Å². The molecule has 0 fully saturated rings. The topological polar surface area (TPSA) is 66.1 Å². The number of hydrogen-bond donors (Lipinski definition) is 1. The fraction of sp³-hybridized carbons (Fsp3) is 0.438. The maximum Gasteiger partial charge on any atom is 0.258 e. The van der Waals surface area contributed by atoms with Gasteiger partial charge in [-0.15, -0.1) is 0 Å². The molecule has 0 aliphatic carbocycles. The van der Waals surface area contributed by atoms with Gasteiger partial charge in [-0.05, 0) is 19.1 Å². The van der Waals surface area contributed by atoms with E-state index >= 15 is 0 Å². The summed E-state index contributed by atoms with van der Waals surface area (Å²) in [6.07, 6.45) is 0. The van der Waals surface area contributed by atoms with Gasteiger partial charge in [-0.25, -0.2) is 4.98 Å². The van der Waals surface area contributed by atoms with E-state index in [9.17, 15) is 9.59 Å². The zero-order chi connectivity index (χ0) is 15.6. The molecule has 1 N–H and O–H groups in total. The number of carbonyl (C=O) groups excluding carboxylic acids is 1. The van der Waals surface area contributed by atoms with E-state index < -0.39 is 5.41 Å². The minimum atomic E-state index is -0.451. The van der Waals surface area contributed by atoms with Crippen LogP contribution in [-0.2, 0) is 11.3 Å². The molecule has 0 unspecified atom stereocenters. The Kier molecular flexibility index (Phi) is 4.11. The van der Waals surface area contributed by atoms with Crippen molar-refractivity contribution in [1.82, 2.24) is 14.9 Å². The van der Waals surface area contributed by atoms with Crippen LogP contribution in [0, 0.1) is 5.41 Å². The summed E-state index contributed by atoms with van der Waals surface area (Å²) in [7, 11) is 0. The molecule has 2 rings (SSSR count). The molecule has 2 aromatic rings. The Morgan fingerprint density at radius 2 is 1.95 bits per heavy atom. The first kappa shape index (κ1) is 15.2. The van der Waals surface area contributed by atoms with E-state index in [0.29, 0.717) is 29.8 Å². The van der Waals surface area contributed by atoms with Crippen molar-refractivity contribution in [2.75, 3.05) is 6.54 Å². The van der Waals surface area contributed by atoms with Crippen LogP contribution in [0.1, 0.15) is 33.5 Å². The van der Waals surface area contributed by atoms with Gasteiger partial charge in [-0.2, -0.15) is 0 Å². The van der Waals surface area contributed by atoms with Gasteiger partial charge in [0.15, 0.2) is 0 Å². The largest absolute Gasteiger partial charge is 0.335 e. The number of nitrogens with one attached hydrogen (secondary N) is 1. The number of hydrogen-bond acceptors (Lipinski definition) is 3. The van der Waals surface area contributed by atoms with Crippen LogP contribution in [-0.4, -0.2) is 27.3 Å². The van der Waals surface area contributed by atoms with Crippen LogP contribution >= 0.6 is 0 Å². The van der Waals surface area contributed by atoms with Crippen molar-refractivity contribution < 1.29 is 4.79 Å². The predicted octanol–water partition coefficient (Wildman–Crippen LogP) is 2.32. The smallest absolute Gasteiger partial charge is 0.258 e. The highest BCUT2D eigenvalue weighted by Gasteiger charge is 2.26. The molecule has 0 aliphatic rings. The Morgan fingerprint density at radius 3 is 2.57 bits per heavy atom. The minimum Gasteiger partial charge on any atom is -0.335 e. The molecule has 1 amide bonds. The van der Waals surface area contributed by atoms with Crippen LogP contribution in [0.25, 0.3) is 10.9 Å². The van der Waals surface area contributed by atoms with E-state index in [1.807, 2.05) is 33.8 Å². The minimum absolute atomic E-state index is 0.0424. The number of aromatic nitrogens is 2. The average Bonchev–Trinajstić information content (AvgIpc) is 2.43. The fourth-order valence-corrected chi connectivity index (χ4v) is 2.19. The van der Waals surface area contributed by atoms with E-state index in [0.717, 1.165) is 0 Å². The lowest BCUT2D eigenvalue weighted by Gasteiger charge is -2.28. The number of nitrogens with zero attached hydrogens (tertiary/aromatic N) is 2. The summed E-state index contributed by atoms with van der Waals surface area (Å²) in [4.78, 5) is 33.3. The lowest BCUT2D eigenvalue weighted by atomic mass is 9.94. The second-order valence-corrected chi connectivity index (χ2v) is 6.10. The molecular weight excluding hydrogens is 266 g/mol. The van der Waals surface area contributed by atoms with Crippen LogP contribution < -0.4 is 5.56 Å². The van der Waals surface area contributed by atoms with Gasteiger partial charge < -0.3 is 9.88 Å². The number of fused-ring (bicyclic) bond motifs is 1. The van der Waals surface area contributed by atoms with Crippen LogP contribution in [0.5, 0.6) is 0 Å². The summed E-state index contributed by atoms with van der Waals surface area (Å²) < 4.78 is 0. The third-order valence-corrected chi connectivity index (χ3v) is 3.31. The molecule has 0 saturated heterocycles. The van der Waals surface area contributed by atoms with E-state index in [2.05, 4.69) is 9.97 Å². The summed E-state index contributed by atoms with van der Waals surface area (Å²) in [6.45, 7) is 8.46. The lowest BCUT2D eigenvalue weighted by molar-refractivity contribution is -0.140. The summed E-state index contributed by atoms with van der Waals surface area (Å²) in [5.41, 5.74) is 0.0260. The number of amides is 1. The zero-order valence-corrected chi connectivity index (χ0v) is 12.9. The molecule has 0 radical (unpaired) electrons. The molecule has 112 valence electrons. The van der Waals surface area contributed by atoms with Crippen molar-refractivity contribution in [3.8, 4) is 0 Å². The Labute approximate surface area is 124 Å². The quantitative estimate of drug-likeness (QED) is 0.942. The number of para-hydroxylation sites is 1. The first-order valence-electron chi connectivity index (χ1n) is 7.10. The van der Waals surface area contributed by atoms with Gasteiger partial charge in [0.25, 0.3) is 5.56 Å². The Balaban J connectivity index is 2.34. The molecular formula is C16H21N3O2. The number of aromatic amines is 1. The highest BCUT2D eigenvalue weighted by atomic mass is 16.2. The summed E-state index contributed by atoms with van der Waals surface area (Å²) in [5, 5.41) is 0.562. The maximum absolute atomic E-state index is 12.4. The van der Waals surface area contributed by atoms with Gasteiger partial charge in [0.05, 0.1) is 17.4 Å². The molecule has 0 atom stereocenters. The molecule has 1 aromatic heterocycles. The van der Waals surface area contributed by atoms with Gasteiger partial charge in [-0.3, -0.25) is 9.59 Å². The van der Waals surface area contributed by atoms with Crippen molar-refractivity contribution in [1.29, 1.82) is 0 Å². The average molecular weight is 287 g/mol. The molecule has 0 aliphatic heterocycles. The molecule has 21 heavy (non-hydrogen) atoms. The molecule has 5 nitrogen and oxygen atoms in total. The second kappa shape index (κ2) is 5.68. The lowest BCUT2D eigenvalue weighted by Crippen LogP contribution is -2.39. The Hall–Kier alpha value is -2.17. The zero-order valence-electron chi connectivity index (χ0n) is 12.9. The van der Waals surface area contributed by atoms with Crippen molar-refractivity contribution in [3.63, 3.8) is 0 Å². The number of H-pyrrole nitrogens is 1. The van der Waals surface area contributed by atoms with Crippen LogP contribution in [0.3, 0.4) is 0 Å². The van der Waals surface area contributed by atoms with Crippen molar-refractivity contribution in [3.05, 3.63) is 40.4 Å². The monoisotopic (exact) mass is 287 g/mol. The van der Waals surface area contributed by atoms with Gasteiger partial charge >= 0.3 is 0 Å². The second-order valence-electron chi connectivity index (χ2n) is 6.10.